The number of nitrogens with one attached hydrogen (secondary N) is 1. The van der Waals surface area contributed by atoms with E-state index < -0.39 is 0 Å². The van der Waals surface area contributed by atoms with E-state index in [1.54, 1.807) is 12.1 Å². The van der Waals surface area contributed by atoms with Gasteiger partial charge in [-0.25, -0.2) is 10.8 Å². The van der Waals surface area contributed by atoms with Crippen molar-refractivity contribution >= 4 is 28.3 Å². The molecule has 0 atom stereocenters. The van der Waals surface area contributed by atoms with Crippen molar-refractivity contribution in [3.63, 3.8) is 0 Å². The zero-order valence-corrected chi connectivity index (χ0v) is 8.78. The molecule has 0 spiro atoms. The van der Waals surface area contributed by atoms with Gasteiger partial charge in [-0.05, 0) is 17.7 Å². The Morgan fingerprint density at radius 2 is 2.00 bits per heavy atom. The number of hydrazine groups is 1. The first kappa shape index (κ1) is 9.44. The molecule has 2 heterocycles. The fraction of sp³-hybridized carbons (Fsp3) is 0.111. The number of rotatable bonds is 1. The normalized spacial score (nSPS) is 13.1. The lowest BCUT2D eigenvalue weighted by Gasteiger charge is -2.05. The van der Waals surface area contributed by atoms with Gasteiger partial charge < -0.3 is 14.9 Å². The van der Waals surface area contributed by atoms with Gasteiger partial charge in [0.05, 0.1) is 5.52 Å². The third kappa shape index (κ3) is 1.31. The van der Waals surface area contributed by atoms with Crippen molar-refractivity contribution < 1.29 is 9.47 Å². The molecule has 3 N–H and O–H groups in total. The van der Waals surface area contributed by atoms with Crippen LogP contribution in [0.3, 0.4) is 0 Å². The number of aromatic nitrogens is 2. The summed E-state index contributed by atoms with van der Waals surface area (Å²) in [5.41, 5.74) is 3.12. The van der Waals surface area contributed by atoms with Crippen molar-refractivity contribution in [2.75, 3.05) is 12.2 Å². The van der Waals surface area contributed by atoms with Crippen LogP contribution in [-0.2, 0) is 0 Å². The van der Waals surface area contributed by atoms with Crippen LogP contribution >= 0.6 is 11.6 Å². The molecule has 0 radical (unpaired) electrons. The second-order valence-electron chi connectivity index (χ2n) is 3.21. The van der Waals surface area contributed by atoms with Crippen molar-refractivity contribution in [3.8, 4) is 11.5 Å². The topological polar surface area (TPSA) is 82.3 Å². The van der Waals surface area contributed by atoms with Crippen molar-refractivity contribution in [2.45, 2.75) is 0 Å². The number of nitrogens with zero attached hydrogens (tertiary/aromatic N) is 2. The van der Waals surface area contributed by atoms with Gasteiger partial charge in [-0.3, -0.25) is 0 Å². The van der Waals surface area contributed by atoms with Gasteiger partial charge in [-0.1, -0.05) is 0 Å². The van der Waals surface area contributed by atoms with Crippen molar-refractivity contribution in [2.24, 2.45) is 5.84 Å². The van der Waals surface area contributed by atoms with E-state index in [0.717, 1.165) is 5.39 Å². The summed E-state index contributed by atoms with van der Waals surface area (Å²) in [4.78, 5) is 8.05. The Hall–Kier alpha value is -1.79. The van der Waals surface area contributed by atoms with Crippen LogP contribution in [0.4, 0.5) is 5.82 Å². The van der Waals surface area contributed by atoms with Crippen LogP contribution in [0.2, 0.25) is 5.28 Å². The van der Waals surface area contributed by atoms with Crippen molar-refractivity contribution in [3.05, 3.63) is 17.4 Å². The summed E-state index contributed by atoms with van der Waals surface area (Å²) in [6.45, 7) is 0.207. The van der Waals surface area contributed by atoms with Crippen LogP contribution in [0.5, 0.6) is 11.5 Å². The van der Waals surface area contributed by atoms with E-state index in [9.17, 15) is 0 Å². The summed E-state index contributed by atoms with van der Waals surface area (Å²) in [5.74, 6) is 7.10. The molecule has 2 aromatic rings. The molecule has 7 heteroatoms. The molecule has 0 unspecified atom stereocenters. The zero-order chi connectivity index (χ0) is 11.1. The van der Waals surface area contributed by atoms with Crippen LogP contribution in [-0.4, -0.2) is 16.8 Å². The molecule has 0 amide bonds. The highest BCUT2D eigenvalue weighted by Crippen LogP contribution is 2.37. The Bertz CT molecular complexity index is 575. The number of ether oxygens (including phenoxy) is 2. The van der Waals surface area contributed by atoms with Gasteiger partial charge in [0, 0.05) is 11.5 Å². The largest absolute Gasteiger partial charge is 0.454 e. The molecule has 0 saturated carbocycles. The number of fused-ring (bicyclic) bond motifs is 2. The Balaban J connectivity index is 2.34. The van der Waals surface area contributed by atoms with E-state index in [1.807, 2.05) is 0 Å². The first-order valence-electron chi connectivity index (χ1n) is 4.51. The minimum absolute atomic E-state index is 0.124. The minimum atomic E-state index is 0.124. The second kappa shape index (κ2) is 3.36. The molecule has 0 fully saturated rings. The zero-order valence-electron chi connectivity index (χ0n) is 8.03. The van der Waals surface area contributed by atoms with Crippen molar-refractivity contribution in [1.29, 1.82) is 0 Å². The number of hydrogen-bond donors (Lipinski definition) is 2. The van der Waals surface area contributed by atoms with Gasteiger partial charge >= 0.3 is 0 Å². The van der Waals surface area contributed by atoms with E-state index in [1.165, 1.54) is 0 Å². The maximum atomic E-state index is 5.76. The van der Waals surface area contributed by atoms with Crippen LogP contribution in [0, 0.1) is 0 Å². The average Bonchev–Trinajstić information content (AvgIpc) is 2.72. The highest BCUT2D eigenvalue weighted by atomic mass is 35.5. The fourth-order valence-corrected chi connectivity index (χ4v) is 1.78. The number of hydrogen-bond acceptors (Lipinski definition) is 6. The van der Waals surface area contributed by atoms with E-state index >= 15 is 0 Å². The number of nitrogens with two attached hydrogens (primary N) is 1. The van der Waals surface area contributed by atoms with Crippen LogP contribution in [0.15, 0.2) is 12.1 Å². The molecule has 16 heavy (non-hydrogen) atoms. The maximum absolute atomic E-state index is 5.76. The number of benzene rings is 1. The van der Waals surface area contributed by atoms with Gasteiger partial charge in [0.25, 0.3) is 0 Å². The number of anilines is 1. The molecule has 3 rings (SSSR count). The lowest BCUT2D eigenvalue weighted by Crippen LogP contribution is -2.09. The maximum Gasteiger partial charge on any atom is 0.231 e. The summed E-state index contributed by atoms with van der Waals surface area (Å²) in [7, 11) is 0. The highest BCUT2D eigenvalue weighted by molar-refractivity contribution is 6.28. The first-order chi connectivity index (χ1) is 7.78. The van der Waals surface area contributed by atoms with Gasteiger partial charge in [0.15, 0.2) is 17.3 Å². The van der Waals surface area contributed by atoms with Gasteiger partial charge in [0.2, 0.25) is 12.1 Å². The van der Waals surface area contributed by atoms with E-state index in [0.29, 0.717) is 22.8 Å². The Labute approximate surface area is 95.3 Å². The lowest BCUT2D eigenvalue weighted by atomic mass is 10.2. The monoisotopic (exact) mass is 238 g/mol. The Kier molecular flexibility index (Phi) is 1.98. The molecule has 82 valence electrons. The van der Waals surface area contributed by atoms with E-state index in [-0.39, 0.29) is 12.1 Å². The van der Waals surface area contributed by atoms with Gasteiger partial charge in [-0.2, -0.15) is 4.98 Å². The summed E-state index contributed by atoms with van der Waals surface area (Å²) >= 11 is 5.76. The van der Waals surface area contributed by atoms with Crippen LogP contribution < -0.4 is 20.7 Å². The highest BCUT2D eigenvalue weighted by Gasteiger charge is 2.17. The Morgan fingerprint density at radius 1 is 1.25 bits per heavy atom. The fourth-order valence-electron chi connectivity index (χ4n) is 1.60. The molecule has 1 aromatic heterocycles. The van der Waals surface area contributed by atoms with Gasteiger partial charge in [0.1, 0.15) is 0 Å². The molecular weight excluding hydrogens is 232 g/mol. The number of nitrogen functional groups attached to an aromatic ring is 1. The second-order valence-corrected chi connectivity index (χ2v) is 3.55. The SMILES string of the molecule is NNc1nc(Cl)nc2cc3c(cc12)OCO3. The predicted molar refractivity (Wildman–Crippen MR) is 58.5 cm³/mol. The third-order valence-corrected chi connectivity index (χ3v) is 2.47. The summed E-state index contributed by atoms with van der Waals surface area (Å²) < 4.78 is 10.5. The third-order valence-electron chi connectivity index (χ3n) is 2.30. The average molecular weight is 239 g/mol. The lowest BCUT2D eigenvalue weighted by molar-refractivity contribution is 0.174. The molecule has 1 aliphatic heterocycles. The van der Waals surface area contributed by atoms with E-state index in [4.69, 9.17) is 26.9 Å². The first-order valence-corrected chi connectivity index (χ1v) is 4.89. The van der Waals surface area contributed by atoms with Crippen molar-refractivity contribution in [1.82, 2.24) is 9.97 Å². The van der Waals surface area contributed by atoms with E-state index in [2.05, 4.69) is 15.4 Å². The quantitative estimate of drug-likeness (QED) is 0.443. The number of halogens is 1. The summed E-state index contributed by atoms with van der Waals surface area (Å²) in [6, 6.07) is 3.51. The molecule has 1 aliphatic rings. The Morgan fingerprint density at radius 3 is 2.75 bits per heavy atom. The predicted octanol–water partition coefficient (Wildman–Crippen LogP) is 1.30. The van der Waals surface area contributed by atoms with Crippen LogP contribution in [0.1, 0.15) is 0 Å². The molecular formula is C9H7ClN4O2. The summed E-state index contributed by atoms with van der Waals surface area (Å²) in [6.07, 6.45) is 0. The molecule has 1 aromatic carbocycles. The molecule has 0 aliphatic carbocycles. The molecule has 6 nitrogen and oxygen atoms in total. The summed E-state index contributed by atoms with van der Waals surface area (Å²) in [5, 5.41) is 0.857. The minimum Gasteiger partial charge on any atom is -0.454 e. The molecule has 0 bridgehead atoms. The smallest absolute Gasteiger partial charge is 0.231 e. The van der Waals surface area contributed by atoms with Crippen LogP contribution in [0.25, 0.3) is 10.9 Å². The standard InChI is InChI=1S/C9H7ClN4O2/c10-9-12-5-2-7-6(15-3-16-7)1-4(5)8(13-9)14-11/h1-2H,3,11H2,(H,12,13,14). The van der Waals surface area contributed by atoms with Gasteiger partial charge in [-0.15, -0.1) is 0 Å². The molecule has 0 saturated heterocycles.